The molecule has 2 fully saturated rings. The van der Waals surface area contributed by atoms with Gasteiger partial charge in [0.1, 0.15) is 37.1 Å². The molecule has 0 unspecified atom stereocenters. The van der Waals surface area contributed by atoms with Gasteiger partial charge in [-0.25, -0.2) is 19.2 Å². The summed E-state index contributed by atoms with van der Waals surface area (Å²) in [7, 11) is 0. The minimum atomic E-state index is -2.74. The zero-order chi connectivity index (χ0) is 41.4. The van der Waals surface area contributed by atoms with Crippen molar-refractivity contribution in [1.82, 2.24) is 0 Å². The number of benzene rings is 4. The Morgan fingerprint density at radius 1 is 0.603 bits per heavy atom. The fraction of sp³-hybridized carbons (Fsp3) is 0.302. The molecule has 58 heavy (non-hydrogen) atoms. The Balaban J connectivity index is 1.53. The third-order valence-electron chi connectivity index (χ3n) is 9.36. The summed E-state index contributed by atoms with van der Waals surface area (Å²) < 4.78 is 42.7. The second-order valence-corrected chi connectivity index (χ2v) is 13.6. The van der Waals surface area contributed by atoms with E-state index in [1.165, 1.54) is 62.4 Å². The van der Waals surface area contributed by atoms with Crippen LogP contribution in [0.25, 0.3) is 0 Å². The maximum Gasteiger partial charge on any atom is 0.343 e. The Morgan fingerprint density at radius 2 is 1.07 bits per heavy atom. The Kier molecular flexibility index (Phi) is 13.5. The van der Waals surface area contributed by atoms with Gasteiger partial charge in [-0.15, -0.1) is 0 Å². The Morgan fingerprint density at radius 3 is 1.55 bits per heavy atom. The fourth-order valence-corrected chi connectivity index (χ4v) is 6.44. The molecule has 4 N–H and O–H groups in total. The number of hydrogen-bond donors (Lipinski definition) is 4. The molecule has 0 saturated carbocycles. The van der Waals surface area contributed by atoms with Gasteiger partial charge in [-0.05, 0) is 68.0 Å². The van der Waals surface area contributed by atoms with Crippen LogP contribution in [0.15, 0.2) is 133 Å². The van der Waals surface area contributed by atoms with Gasteiger partial charge in [0, 0.05) is 0 Å². The van der Waals surface area contributed by atoms with E-state index in [9.17, 15) is 39.6 Å². The highest BCUT2D eigenvalue weighted by Gasteiger charge is 2.67. The van der Waals surface area contributed by atoms with Crippen LogP contribution in [0.5, 0.6) is 0 Å². The van der Waals surface area contributed by atoms with Gasteiger partial charge in [0.15, 0.2) is 18.2 Å². The molecule has 4 aromatic carbocycles. The first-order chi connectivity index (χ1) is 27.9. The van der Waals surface area contributed by atoms with E-state index in [0.29, 0.717) is 0 Å². The molecule has 2 aliphatic heterocycles. The van der Waals surface area contributed by atoms with E-state index < -0.39 is 97.7 Å². The van der Waals surface area contributed by atoms with Crippen molar-refractivity contribution >= 4 is 23.9 Å². The standard InChI is InChI=1S/C43H42O15/c1-25(2)36(55-40(50)28-19-11-5-12-20-28)43(58-42-34(47)33(46)32(45)30(23-44)53-42)37(56-41(51)29-21-13-6-14-22-29)35(54-39(49)27-17-9-4-10-18-27)31(57-43)24-52-38(48)26-15-7-3-8-16-26/h3-22,30-35,37,42,44-47H,23-24H2,1-2H3/t30-,31-,32-,33+,34-,35-,37+,42-,43+/m1/s1. The molecule has 4 aromatic rings. The quantitative estimate of drug-likeness (QED) is 0.0868. The number of hydrogen-bond acceptors (Lipinski definition) is 15. The van der Waals surface area contributed by atoms with Crippen molar-refractivity contribution in [3.05, 3.63) is 155 Å². The molecule has 9 atom stereocenters. The van der Waals surface area contributed by atoms with E-state index in [2.05, 4.69) is 0 Å². The van der Waals surface area contributed by atoms with Crippen molar-refractivity contribution in [2.45, 2.75) is 68.7 Å². The van der Waals surface area contributed by atoms with Gasteiger partial charge in [-0.3, -0.25) is 0 Å². The van der Waals surface area contributed by atoms with E-state index in [1.807, 2.05) is 0 Å². The van der Waals surface area contributed by atoms with Crippen molar-refractivity contribution in [3.8, 4) is 0 Å². The molecule has 2 heterocycles. The Labute approximate surface area is 332 Å². The molecule has 0 aromatic heterocycles. The van der Waals surface area contributed by atoms with Gasteiger partial charge in [0.25, 0.3) is 5.79 Å². The van der Waals surface area contributed by atoms with Crippen molar-refractivity contribution in [3.63, 3.8) is 0 Å². The molecular formula is C43H42O15. The normalized spacial score (nSPS) is 26.5. The van der Waals surface area contributed by atoms with Crippen molar-refractivity contribution < 1.29 is 72.8 Å². The summed E-state index contributed by atoms with van der Waals surface area (Å²) in [5, 5.41) is 42.7. The number of aliphatic hydroxyl groups is 4. The summed E-state index contributed by atoms with van der Waals surface area (Å²) in [5.41, 5.74) is 0.499. The van der Waals surface area contributed by atoms with Crippen LogP contribution in [0.3, 0.4) is 0 Å². The lowest BCUT2D eigenvalue weighted by Crippen LogP contribution is -2.63. The lowest BCUT2D eigenvalue weighted by molar-refractivity contribution is -0.372. The van der Waals surface area contributed by atoms with Crippen LogP contribution in [0.2, 0.25) is 0 Å². The summed E-state index contributed by atoms with van der Waals surface area (Å²) >= 11 is 0. The molecule has 2 saturated heterocycles. The number of esters is 4. The van der Waals surface area contributed by atoms with E-state index in [-0.39, 0.29) is 27.8 Å². The van der Waals surface area contributed by atoms with Gasteiger partial charge in [0.2, 0.25) is 6.10 Å². The summed E-state index contributed by atoms with van der Waals surface area (Å²) in [6, 6.07) is 31.2. The van der Waals surface area contributed by atoms with E-state index >= 15 is 0 Å². The number of rotatable bonds is 13. The number of aliphatic hydroxyl groups excluding tert-OH is 4. The molecule has 0 spiro atoms. The predicted molar refractivity (Wildman–Crippen MR) is 201 cm³/mol. The van der Waals surface area contributed by atoms with Gasteiger partial charge < -0.3 is 53.6 Å². The van der Waals surface area contributed by atoms with Gasteiger partial charge >= 0.3 is 23.9 Å². The van der Waals surface area contributed by atoms with Crippen molar-refractivity contribution in [2.24, 2.45) is 0 Å². The van der Waals surface area contributed by atoms with Crippen molar-refractivity contribution in [1.29, 1.82) is 0 Å². The lowest BCUT2D eigenvalue weighted by Gasteiger charge is -2.44. The first kappa shape index (κ1) is 41.8. The SMILES string of the molecule is CC(C)=C(OC(=O)c1ccccc1)[C@@]1(O[C@H]2O[C@H](CO)[C@@H](O)[C@H](O)[C@H]2O)O[C@H](COC(=O)c2ccccc2)[C@@H](OC(=O)c2ccccc2)[C@@H]1OC(=O)c1ccccc1. The Hall–Kier alpha value is -5.78. The van der Waals surface area contributed by atoms with Crippen LogP contribution in [-0.2, 0) is 33.2 Å². The van der Waals surface area contributed by atoms with Crippen LogP contribution in [0.4, 0.5) is 0 Å². The summed E-state index contributed by atoms with van der Waals surface area (Å²) in [5.74, 6) is -6.89. The molecule has 2 aliphatic rings. The van der Waals surface area contributed by atoms with E-state index in [4.69, 9.17) is 33.2 Å². The van der Waals surface area contributed by atoms with Crippen LogP contribution in [0.1, 0.15) is 55.3 Å². The zero-order valence-electron chi connectivity index (χ0n) is 31.4. The average molecular weight is 799 g/mol. The average Bonchev–Trinajstić information content (AvgIpc) is 3.53. The van der Waals surface area contributed by atoms with Crippen molar-refractivity contribution in [2.75, 3.05) is 13.2 Å². The molecule has 15 nitrogen and oxygen atoms in total. The molecule has 0 bridgehead atoms. The highest BCUT2D eigenvalue weighted by molar-refractivity contribution is 5.92. The summed E-state index contributed by atoms with van der Waals surface area (Å²) in [4.78, 5) is 55.1. The molecule has 0 radical (unpaired) electrons. The van der Waals surface area contributed by atoms with Crippen LogP contribution in [0, 0.1) is 0 Å². The lowest BCUT2D eigenvalue weighted by atomic mass is 9.97. The maximum atomic E-state index is 14.1. The number of allylic oxidation sites excluding steroid dienone is 1. The second kappa shape index (κ2) is 18.7. The van der Waals surface area contributed by atoms with Crippen LogP contribution in [-0.4, -0.2) is 112 Å². The number of carbonyl (C=O) groups is 4. The van der Waals surface area contributed by atoms with Gasteiger partial charge in [-0.1, -0.05) is 72.8 Å². The highest BCUT2D eigenvalue weighted by atomic mass is 16.8. The molecule has 15 heteroatoms. The molecule has 304 valence electrons. The largest absolute Gasteiger partial charge is 0.459 e. The summed E-state index contributed by atoms with van der Waals surface area (Å²) in [6.07, 6.45) is -14.6. The first-order valence-corrected chi connectivity index (χ1v) is 18.3. The molecule has 6 rings (SSSR count). The zero-order valence-corrected chi connectivity index (χ0v) is 31.4. The van der Waals surface area contributed by atoms with Crippen LogP contribution < -0.4 is 0 Å². The second-order valence-electron chi connectivity index (χ2n) is 13.6. The topological polar surface area (TPSA) is 214 Å². The highest BCUT2D eigenvalue weighted by Crippen LogP contribution is 2.46. The predicted octanol–water partition coefficient (Wildman–Crippen LogP) is 3.36. The maximum absolute atomic E-state index is 14.1. The summed E-state index contributed by atoms with van der Waals surface area (Å²) in [6.45, 7) is 1.47. The molecule has 0 amide bonds. The number of carbonyl (C=O) groups excluding carboxylic acids is 4. The third kappa shape index (κ3) is 9.16. The first-order valence-electron chi connectivity index (χ1n) is 18.3. The van der Waals surface area contributed by atoms with E-state index in [0.717, 1.165) is 0 Å². The Bertz CT molecular complexity index is 2050. The van der Waals surface area contributed by atoms with Gasteiger partial charge in [0.05, 0.1) is 28.9 Å². The minimum absolute atomic E-state index is 0.0244. The van der Waals surface area contributed by atoms with E-state index in [1.54, 1.807) is 72.8 Å². The van der Waals surface area contributed by atoms with Crippen LogP contribution >= 0.6 is 0 Å². The third-order valence-corrected chi connectivity index (χ3v) is 9.36. The fourth-order valence-electron chi connectivity index (χ4n) is 6.44. The number of ether oxygens (including phenoxy) is 7. The monoisotopic (exact) mass is 798 g/mol. The van der Waals surface area contributed by atoms with Gasteiger partial charge in [-0.2, -0.15) is 0 Å². The molecule has 0 aliphatic carbocycles. The molecular weight excluding hydrogens is 756 g/mol. The minimum Gasteiger partial charge on any atom is -0.459 e. The smallest absolute Gasteiger partial charge is 0.343 e.